The molecule has 0 bridgehead atoms. The highest BCUT2D eigenvalue weighted by Crippen LogP contribution is 2.22. The minimum Gasteiger partial charge on any atom is -0.258 e. The van der Waals surface area contributed by atoms with E-state index in [-0.39, 0.29) is 0 Å². The Labute approximate surface area is 108 Å². The number of nitrogens with zero attached hydrogens (tertiary/aromatic N) is 4. The molecule has 3 aromatic rings. The van der Waals surface area contributed by atoms with E-state index in [0.717, 1.165) is 11.3 Å². The number of H-pyrrole nitrogens is 1. The van der Waals surface area contributed by atoms with E-state index in [1.54, 1.807) is 0 Å². The summed E-state index contributed by atoms with van der Waals surface area (Å²) in [5, 5.41) is 7.24. The van der Waals surface area contributed by atoms with Gasteiger partial charge in [-0.3, -0.25) is 5.10 Å². The third-order valence-corrected chi connectivity index (χ3v) is 2.68. The quantitative estimate of drug-likeness (QED) is 0.766. The van der Waals surface area contributed by atoms with E-state index in [1.807, 2.05) is 30.3 Å². The molecule has 2 heterocycles. The monoisotopic (exact) mass is 257 g/mol. The zero-order chi connectivity index (χ0) is 12.4. The second-order valence-corrected chi connectivity index (χ2v) is 4.07. The second-order valence-electron chi connectivity index (χ2n) is 3.63. The molecular formula is C12H8ClN5. The van der Waals surface area contributed by atoms with Gasteiger partial charge in [0.05, 0.1) is 5.69 Å². The zero-order valence-corrected chi connectivity index (χ0v) is 9.96. The van der Waals surface area contributed by atoms with Crippen LogP contribution < -0.4 is 0 Å². The van der Waals surface area contributed by atoms with Crippen molar-refractivity contribution >= 4 is 11.6 Å². The maximum absolute atomic E-state index is 5.96. The average molecular weight is 258 g/mol. The van der Waals surface area contributed by atoms with Gasteiger partial charge in [-0.15, -0.1) is 0 Å². The Kier molecular flexibility index (Phi) is 2.74. The molecule has 0 saturated carbocycles. The van der Waals surface area contributed by atoms with Gasteiger partial charge in [0.25, 0.3) is 0 Å². The molecule has 0 radical (unpaired) electrons. The highest BCUT2D eigenvalue weighted by atomic mass is 35.5. The van der Waals surface area contributed by atoms with Crippen molar-refractivity contribution in [2.24, 2.45) is 0 Å². The maximum Gasteiger partial charge on any atom is 0.174 e. The minimum absolute atomic E-state index is 0.612. The first kappa shape index (κ1) is 10.9. The molecule has 88 valence electrons. The number of benzene rings is 1. The van der Waals surface area contributed by atoms with Crippen LogP contribution in [0, 0.1) is 0 Å². The molecular weight excluding hydrogens is 250 g/mol. The smallest absolute Gasteiger partial charge is 0.174 e. The molecule has 1 aromatic carbocycles. The van der Waals surface area contributed by atoms with Crippen LogP contribution in [0.2, 0.25) is 5.02 Å². The molecule has 0 aliphatic heterocycles. The van der Waals surface area contributed by atoms with Crippen molar-refractivity contribution in [3.8, 4) is 22.8 Å². The van der Waals surface area contributed by atoms with Crippen molar-refractivity contribution in [1.29, 1.82) is 0 Å². The molecule has 1 N–H and O–H groups in total. The van der Waals surface area contributed by atoms with Gasteiger partial charge < -0.3 is 0 Å². The van der Waals surface area contributed by atoms with E-state index in [4.69, 9.17) is 11.6 Å². The van der Waals surface area contributed by atoms with Crippen molar-refractivity contribution < 1.29 is 0 Å². The molecule has 6 heteroatoms. The predicted molar refractivity (Wildman–Crippen MR) is 67.9 cm³/mol. The number of hydrogen-bond acceptors (Lipinski definition) is 4. The Bertz CT molecular complexity index is 666. The largest absolute Gasteiger partial charge is 0.258 e. The van der Waals surface area contributed by atoms with E-state index >= 15 is 0 Å². The van der Waals surface area contributed by atoms with Crippen molar-refractivity contribution in [2.45, 2.75) is 0 Å². The summed E-state index contributed by atoms with van der Waals surface area (Å²) >= 11 is 5.96. The van der Waals surface area contributed by atoms with Crippen LogP contribution in [0.15, 0.2) is 43.0 Å². The molecule has 2 aromatic heterocycles. The number of rotatable bonds is 2. The summed E-state index contributed by atoms with van der Waals surface area (Å²) in [5.41, 5.74) is 2.42. The fraction of sp³-hybridized carbons (Fsp3) is 0. The van der Waals surface area contributed by atoms with Gasteiger partial charge >= 0.3 is 0 Å². The predicted octanol–water partition coefficient (Wildman–Crippen LogP) is 2.58. The van der Waals surface area contributed by atoms with E-state index in [1.165, 1.54) is 12.7 Å². The average Bonchev–Trinajstić information content (AvgIpc) is 2.93. The van der Waals surface area contributed by atoms with Gasteiger partial charge in [-0.2, -0.15) is 5.10 Å². The van der Waals surface area contributed by atoms with Crippen LogP contribution >= 0.6 is 11.6 Å². The lowest BCUT2D eigenvalue weighted by molar-refractivity contribution is 1.08. The summed E-state index contributed by atoms with van der Waals surface area (Å²) < 4.78 is 0. The zero-order valence-electron chi connectivity index (χ0n) is 9.21. The number of nitrogens with one attached hydrogen (secondary N) is 1. The fourth-order valence-electron chi connectivity index (χ4n) is 1.62. The molecule has 0 atom stereocenters. The van der Waals surface area contributed by atoms with Gasteiger partial charge in [-0.05, 0) is 18.2 Å². The molecule has 3 rings (SSSR count). The third-order valence-electron chi connectivity index (χ3n) is 2.45. The first-order chi connectivity index (χ1) is 8.83. The summed E-state index contributed by atoms with van der Waals surface area (Å²) in [4.78, 5) is 12.4. The lowest BCUT2D eigenvalue weighted by Gasteiger charge is -2.02. The minimum atomic E-state index is 0.612. The number of halogens is 1. The lowest BCUT2D eigenvalue weighted by atomic mass is 10.1. The third kappa shape index (κ3) is 2.08. The first-order valence-corrected chi connectivity index (χ1v) is 5.64. The van der Waals surface area contributed by atoms with Crippen molar-refractivity contribution in [2.75, 3.05) is 0 Å². The summed E-state index contributed by atoms with van der Waals surface area (Å²) in [6.45, 7) is 0. The van der Waals surface area contributed by atoms with Gasteiger partial charge in [0.1, 0.15) is 18.3 Å². The first-order valence-electron chi connectivity index (χ1n) is 5.26. The fourth-order valence-corrected chi connectivity index (χ4v) is 1.81. The standard InChI is InChI=1S/C12H8ClN5/c13-9-3-1-2-8(4-9)10-5-11(15-6-14-10)12-16-7-17-18-12/h1-7H,(H,16,17,18). The van der Waals surface area contributed by atoms with Gasteiger partial charge in [-0.25, -0.2) is 15.0 Å². The summed E-state index contributed by atoms with van der Waals surface area (Å²) in [7, 11) is 0. The molecule has 0 saturated heterocycles. The van der Waals surface area contributed by atoms with Crippen LogP contribution in [0.4, 0.5) is 0 Å². The number of hydrogen-bond donors (Lipinski definition) is 1. The Morgan fingerprint density at radius 2 is 1.83 bits per heavy atom. The van der Waals surface area contributed by atoms with Crippen molar-refractivity contribution in [1.82, 2.24) is 25.1 Å². The Morgan fingerprint density at radius 3 is 2.61 bits per heavy atom. The lowest BCUT2D eigenvalue weighted by Crippen LogP contribution is -1.90. The molecule has 0 unspecified atom stereocenters. The van der Waals surface area contributed by atoms with Crippen molar-refractivity contribution in [3.63, 3.8) is 0 Å². The highest BCUT2D eigenvalue weighted by Gasteiger charge is 2.06. The van der Waals surface area contributed by atoms with E-state index < -0.39 is 0 Å². The van der Waals surface area contributed by atoms with Crippen LogP contribution in [0.25, 0.3) is 22.8 Å². The maximum atomic E-state index is 5.96. The van der Waals surface area contributed by atoms with Crippen LogP contribution in [-0.2, 0) is 0 Å². The molecule has 5 nitrogen and oxygen atoms in total. The van der Waals surface area contributed by atoms with Crippen LogP contribution in [0.5, 0.6) is 0 Å². The number of aromatic nitrogens is 5. The van der Waals surface area contributed by atoms with E-state index in [9.17, 15) is 0 Å². The van der Waals surface area contributed by atoms with E-state index in [0.29, 0.717) is 16.5 Å². The molecule has 0 aliphatic carbocycles. The SMILES string of the molecule is Clc1cccc(-c2cc(-c3ncn[nH]3)ncn2)c1. The van der Waals surface area contributed by atoms with Gasteiger partial charge in [0.2, 0.25) is 0 Å². The van der Waals surface area contributed by atoms with E-state index in [2.05, 4.69) is 25.1 Å². The number of aromatic amines is 1. The Morgan fingerprint density at radius 1 is 0.944 bits per heavy atom. The highest BCUT2D eigenvalue weighted by molar-refractivity contribution is 6.30. The second kappa shape index (κ2) is 4.54. The Balaban J connectivity index is 2.06. The van der Waals surface area contributed by atoms with Crippen LogP contribution in [-0.4, -0.2) is 25.1 Å². The molecule has 0 aliphatic rings. The molecule has 0 fully saturated rings. The topological polar surface area (TPSA) is 67.3 Å². The molecule has 18 heavy (non-hydrogen) atoms. The van der Waals surface area contributed by atoms with Crippen LogP contribution in [0.3, 0.4) is 0 Å². The van der Waals surface area contributed by atoms with Gasteiger partial charge in [-0.1, -0.05) is 23.7 Å². The Hall–Kier alpha value is -2.27. The van der Waals surface area contributed by atoms with Crippen molar-refractivity contribution in [3.05, 3.63) is 48.0 Å². The molecule has 0 amide bonds. The van der Waals surface area contributed by atoms with Gasteiger partial charge in [0, 0.05) is 10.6 Å². The molecule has 0 spiro atoms. The summed E-state index contributed by atoms with van der Waals surface area (Å²) in [5.74, 6) is 0.612. The normalized spacial score (nSPS) is 10.5. The summed E-state index contributed by atoms with van der Waals surface area (Å²) in [6, 6.07) is 9.34. The summed E-state index contributed by atoms with van der Waals surface area (Å²) in [6.07, 6.45) is 2.94. The van der Waals surface area contributed by atoms with Gasteiger partial charge in [0.15, 0.2) is 5.82 Å². The van der Waals surface area contributed by atoms with Crippen LogP contribution in [0.1, 0.15) is 0 Å².